The minimum absolute atomic E-state index is 0. The molecule has 0 fully saturated rings. The Bertz CT molecular complexity index is 4430. The summed E-state index contributed by atoms with van der Waals surface area (Å²) in [5.74, 6) is 1.93. The summed E-state index contributed by atoms with van der Waals surface area (Å²) >= 11 is 0. The molecule has 1 aromatic heterocycles. The number of imidazole rings is 1. The van der Waals surface area contributed by atoms with Gasteiger partial charge in [-0.1, -0.05) is 108 Å². The first kappa shape index (κ1) is 80.4. The van der Waals surface area contributed by atoms with E-state index in [1.807, 2.05) is 121 Å². The fraction of sp³-hybridized carbons (Fsp3) is 0.225. The summed E-state index contributed by atoms with van der Waals surface area (Å²) in [5, 5.41) is 0. The molecule has 0 saturated heterocycles. The van der Waals surface area contributed by atoms with E-state index >= 15 is 0 Å². The van der Waals surface area contributed by atoms with Crippen LogP contribution in [-0.4, -0.2) is 32.4 Å². The summed E-state index contributed by atoms with van der Waals surface area (Å²) in [6.45, 7) is 32.5. The van der Waals surface area contributed by atoms with Gasteiger partial charge in [-0.3, -0.25) is 4.98 Å². The summed E-state index contributed by atoms with van der Waals surface area (Å²) < 4.78 is 1.98. The quantitative estimate of drug-likeness (QED) is 0.133. The zero-order valence-electron chi connectivity index (χ0n) is 59.5. The molecule has 10 aromatic rings. The van der Waals surface area contributed by atoms with Gasteiger partial charge in [-0.05, 0) is 180 Å². The Balaban J connectivity index is 0.000000195. The number of aromatic nitrogens is 2. The number of benzene rings is 9. The third kappa shape index (κ3) is 19.7. The maximum absolute atomic E-state index is 4.67. The summed E-state index contributed by atoms with van der Waals surface area (Å²) in [4.78, 5) is 22.7. The molecule has 4 aliphatic rings. The first-order chi connectivity index (χ1) is 45.7. The van der Waals surface area contributed by atoms with Gasteiger partial charge in [0.25, 0.3) is 0 Å². The molecule has 9 aromatic carbocycles. The Morgan fingerprint density at radius 1 is 0.343 bits per heavy atom. The van der Waals surface area contributed by atoms with E-state index in [0.29, 0.717) is 0 Å². The number of hydrogen-bond acceptors (Lipinski definition) is 5. The molecule has 4 unspecified atom stereocenters. The van der Waals surface area contributed by atoms with Crippen LogP contribution in [0.25, 0.3) is 11.4 Å². The summed E-state index contributed by atoms with van der Waals surface area (Å²) in [6, 6.07) is 70.9. The third-order valence-corrected chi connectivity index (χ3v) is 17.8. The van der Waals surface area contributed by atoms with Gasteiger partial charge in [0, 0.05) is 148 Å². The van der Waals surface area contributed by atoms with Crippen molar-refractivity contribution in [3.8, 4) is 11.4 Å². The van der Waals surface area contributed by atoms with Crippen molar-refractivity contribution in [3.63, 3.8) is 0 Å². The summed E-state index contributed by atoms with van der Waals surface area (Å²) in [5.41, 5.74) is 35.1. The van der Waals surface area contributed by atoms with Crippen LogP contribution in [0.3, 0.4) is 0 Å². The van der Waals surface area contributed by atoms with E-state index in [2.05, 4.69) is 256 Å². The molecule has 0 spiro atoms. The SMILES string of the molecule is CC1=CN=C(c2[c-]cccc2)C1c1c(C)cc(C)cc1C.Cc1[c-]c(C2=NC=CC2c2c(C)cc(C)cc2C)cc(C)c1.Cc1cc(C)c(C2C=CN=C2c2[c-]cccc2)c(C)c1.Cc1cc(C)c(C2C=CN=C2c2[c-]cccc2)c(C)c1.Cn1ccnc1-c1[c-]cccc1.[Ir].[Ir].[Ir].[Ir]. The molecule has 99 heavy (non-hydrogen) atoms. The normalized spacial score (nSPS) is 15.7. The second-order valence-corrected chi connectivity index (χ2v) is 25.8. The molecule has 0 aliphatic carbocycles. The number of nitrogens with zero attached hydrogens (tertiary/aromatic N) is 6. The van der Waals surface area contributed by atoms with E-state index in [1.54, 1.807) is 6.20 Å². The van der Waals surface area contributed by atoms with Crippen molar-refractivity contribution in [1.82, 2.24) is 9.55 Å². The molecule has 6 nitrogen and oxygen atoms in total. The predicted octanol–water partition coefficient (Wildman–Crippen LogP) is 20.9. The summed E-state index contributed by atoms with van der Waals surface area (Å²) in [6.07, 6.45) is 18.0. The molecule has 4 atom stereocenters. The maximum atomic E-state index is 4.67. The summed E-state index contributed by atoms with van der Waals surface area (Å²) in [7, 11) is 1.98. The Morgan fingerprint density at radius 2 is 0.667 bits per heavy atom. The van der Waals surface area contributed by atoms with Crippen LogP contribution in [0.15, 0.2) is 239 Å². The number of aliphatic imine (C=N–C) groups is 4. The Labute approximate surface area is 644 Å². The Hall–Kier alpha value is -7.57. The number of aryl methyl sites for hydroxylation is 15. The van der Waals surface area contributed by atoms with Crippen LogP contribution in [0.1, 0.15) is 153 Å². The first-order valence-electron chi connectivity index (χ1n) is 32.9. The Morgan fingerprint density at radius 3 is 0.990 bits per heavy atom. The van der Waals surface area contributed by atoms with E-state index < -0.39 is 0 Å². The van der Waals surface area contributed by atoms with Gasteiger partial charge in [0.05, 0.1) is 5.82 Å². The molecule has 0 N–H and O–H groups in total. The van der Waals surface area contributed by atoms with Crippen LogP contribution in [0.4, 0.5) is 0 Å². The van der Waals surface area contributed by atoms with Crippen LogP contribution in [0.2, 0.25) is 0 Å². The Kier molecular flexibility index (Phi) is 30.2. The molecule has 10 heteroatoms. The van der Waals surface area contributed by atoms with E-state index in [1.165, 1.54) is 106 Å². The van der Waals surface area contributed by atoms with Gasteiger partial charge in [-0.25, -0.2) is 0 Å². The van der Waals surface area contributed by atoms with Crippen molar-refractivity contribution in [2.45, 2.75) is 128 Å². The number of rotatable bonds is 9. The zero-order valence-corrected chi connectivity index (χ0v) is 69.1. The molecule has 0 bridgehead atoms. The van der Waals surface area contributed by atoms with Gasteiger partial charge in [0.2, 0.25) is 0 Å². The smallest absolute Gasteiger partial charge is 0.0555 e. The topological polar surface area (TPSA) is 67.3 Å². The van der Waals surface area contributed by atoms with Crippen molar-refractivity contribution in [2.24, 2.45) is 27.0 Å². The number of hydrogen-bond donors (Lipinski definition) is 0. The van der Waals surface area contributed by atoms with Crippen molar-refractivity contribution in [2.75, 3.05) is 0 Å². The average Bonchev–Trinajstić information content (AvgIpc) is 1.73. The van der Waals surface area contributed by atoms with Crippen LogP contribution >= 0.6 is 0 Å². The number of allylic oxidation sites excluding steroid dienone is 4. The van der Waals surface area contributed by atoms with Gasteiger partial charge in [-0.15, -0.1) is 178 Å². The monoisotopic (exact) mass is 2010 g/mol. The maximum Gasteiger partial charge on any atom is 0.0555 e. The second kappa shape index (κ2) is 37.2. The van der Waals surface area contributed by atoms with E-state index in [9.17, 15) is 0 Å². The zero-order chi connectivity index (χ0) is 67.4. The standard InChI is InChI=1S/C21H22N.C20H20N.2C19H18N.C10H9N2.4Ir/c1-13-8-14(2)12-18(11-13)21-19(6-7-22-21)20-16(4)9-15(3)10-17(20)5;1-13-10-14(2)18(15(3)11-13)19-16(4)12-21-20(19)17-8-6-5-7-9-17;2*1-13-11-14(2)18(15(3)12-13)17-9-10-20-19(17)16-7-5-4-6-8-16;1-12-8-7-11-10(12)9-5-3-2-4-6-9;;;;/h6-11,19H,1-5H3;5-8,10-12,19H,1-4H3;2*4-7,9-12,17H,1-3H3;2-5,7-8H,1H3;;;;/q5*-1;;;;. The van der Waals surface area contributed by atoms with Gasteiger partial charge in [-0.2, -0.15) is 0 Å². The second-order valence-electron chi connectivity index (χ2n) is 25.8. The molecule has 0 amide bonds. The third-order valence-electron chi connectivity index (χ3n) is 17.8. The van der Waals surface area contributed by atoms with E-state index in [4.69, 9.17) is 0 Å². The molecular weight excluding hydrogens is 1920 g/mol. The van der Waals surface area contributed by atoms with Crippen LogP contribution in [0, 0.1) is 127 Å². The van der Waals surface area contributed by atoms with Crippen LogP contribution in [0.5, 0.6) is 0 Å². The van der Waals surface area contributed by atoms with Crippen molar-refractivity contribution in [3.05, 3.63) is 371 Å². The predicted molar refractivity (Wildman–Crippen MR) is 399 cm³/mol. The molecular formula is C89H87Ir4N6-5. The first-order valence-corrected chi connectivity index (χ1v) is 32.9. The molecule has 14 rings (SSSR count). The van der Waals surface area contributed by atoms with Gasteiger partial charge >= 0.3 is 0 Å². The van der Waals surface area contributed by atoms with Gasteiger partial charge < -0.3 is 24.5 Å². The van der Waals surface area contributed by atoms with Gasteiger partial charge in [0.1, 0.15) is 0 Å². The largest absolute Gasteiger partial charge is 0.373 e. The van der Waals surface area contributed by atoms with Crippen LogP contribution in [-0.2, 0) is 87.5 Å². The van der Waals surface area contributed by atoms with E-state index in [0.717, 1.165) is 56.5 Å². The van der Waals surface area contributed by atoms with Crippen molar-refractivity contribution >= 4 is 22.8 Å². The molecule has 0 saturated carbocycles. The van der Waals surface area contributed by atoms with Gasteiger partial charge in [0.15, 0.2) is 0 Å². The molecule has 4 aliphatic heterocycles. The molecule has 514 valence electrons. The van der Waals surface area contributed by atoms with Crippen LogP contribution < -0.4 is 0 Å². The average molecular weight is 2010 g/mol. The van der Waals surface area contributed by atoms with Crippen molar-refractivity contribution in [1.29, 1.82) is 0 Å². The fourth-order valence-corrected chi connectivity index (χ4v) is 14.2. The van der Waals surface area contributed by atoms with Crippen molar-refractivity contribution < 1.29 is 80.4 Å². The minimum Gasteiger partial charge on any atom is -0.373 e. The molecule has 4 radical (unpaired) electrons. The molecule has 5 heterocycles. The van der Waals surface area contributed by atoms with E-state index in [-0.39, 0.29) is 104 Å². The minimum atomic E-state index is 0. The fourth-order valence-electron chi connectivity index (χ4n) is 14.2.